The summed E-state index contributed by atoms with van der Waals surface area (Å²) in [4.78, 5) is 4.12. The average molecular weight is 294 g/mol. The van der Waals surface area contributed by atoms with E-state index in [0.717, 1.165) is 12.8 Å². The van der Waals surface area contributed by atoms with Crippen molar-refractivity contribution in [2.45, 2.75) is 30.8 Å². The molecule has 1 aliphatic carbocycles. The van der Waals surface area contributed by atoms with Crippen molar-refractivity contribution in [3.8, 4) is 0 Å². The van der Waals surface area contributed by atoms with Gasteiger partial charge in [-0.05, 0) is 37.8 Å². The molecule has 2 aromatic heterocycles. The van der Waals surface area contributed by atoms with E-state index >= 15 is 0 Å². The zero-order chi connectivity index (χ0) is 14.5. The molecule has 0 saturated heterocycles. The fourth-order valence-electron chi connectivity index (χ4n) is 2.48. The van der Waals surface area contributed by atoms with Gasteiger partial charge in [0.2, 0.25) is 0 Å². The Kier molecular flexibility index (Phi) is 2.98. The number of nitrogen functional groups attached to an aromatic ring is 1. The van der Waals surface area contributed by atoms with Crippen LogP contribution >= 0.6 is 0 Å². The maximum Gasteiger partial charge on any atom is 0.262 e. The Morgan fingerprint density at radius 2 is 2.15 bits per heavy atom. The van der Waals surface area contributed by atoms with Gasteiger partial charge in [0.15, 0.2) is 10.8 Å². The highest BCUT2D eigenvalue weighted by molar-refractivity contribution is 7.89. The summed E-state index contributed by atoms with van der Waals surface area (Å²) < 4.78 is 28.5. The molecule has 0 bridgehead atoms. The molecule has 0 spiro atoms. The van der Waals surface area contributed by atoms with E-state index in [1.165, 1.54) is 8.71 Å². The number of hydrogen-bond donors (Lipinski definition) is 1. The number of anilines is 1. The number of pyridine rings is 1. The summed E-state index contributed by atoms with van der Waals surface area (Å²) in [6.07, 6.45) is 3.84. The Morgan fingerprint density at radius 1 is 1.45 bits per heavy atom. The third kappa shape index (κ3) is 1.97. The van der Waals surface area contributed by atoms with E-state index in [0.29, 0.717) is 11.6 Å². The SMILES string of the molecule is CC(C1CC1)N(C)S(=O)(=O)c1c(N)nc2ccccn12. The summed E-state index contributed by atoms with van der Waals surface area (Å²) in [5.74, 6) is 0.501. The van der Waals surface area contributed by atoms with Gasteiger partial charge in [-0.1, -0.05) is 6.07 Å². The summed E-state index contributed by atoms with van der Waals surface area (Å²) in [5.41, 5.74) is 6.37. The van der Waals surface area contributed by atoms with E-state index in [4.69, 9.17) is 5.73 Å². The highest BCUT2D eigenvalue weighted by Gasteiger charge is 2.38. The lowest BCUT2D eigenvalue weighted by molar-refractivity contribution is 0.355. The number of imidazole rings is 1. The summed E-state index contributed by atoms with van der Waals surface area (Å²) in [7, 11) is -2.04. The van der Waals surface area contributed by atoms with Crippen molar-refractivity contribution in [1.82, 2.24) is 13.7 Å². The molecular weight excluding hydrogens is 276 g/mol. The first-order chi connectivity index (χ1) is 9.43. The number of sulfonamides is 1. The van der Waals surface area contributed by atoms with Crippen LogP contribution in [0.3, 0.4) is 0 Å². The Balaban J connectivity index is 2.11. The number of aromatic nitrogens is 2. The first-order valence-electron chi connectivity index (χ1n) is 6.63. The lowest BCUT2D eigenvalue weighted by Crippen LogP contribution is -2.37. The molecule has 2 N–H and O–H groups in total. The second-order valence-corrected chi connectivity index (χ2v) is 7.24. The van der Waals surface area contributed by atoms with Crippen LogP contribution in [0.25, 0.3) is 5.65 Å². The quantitative estimate of drug-likeness (QED) is 0.922. The van der Waals surface area contributed by atoms with Crippen molar-refractivity contribution in [3.63, 3.8) is 0 Å². The van der Waals surface area contributed by atoms with Crippen molar-refractivity contribution in [2.24, 2.45) is 5.92 Å². The summed E-state index contributed by atoms with van der Waals surface area (Å²) >= 11 is 0. The number of hydrogen-bond acceptors (Lipinski definition) is 4. The Morgan fingerprint density at radius 3 is 2.80 bits per heavy atom. The van der Waals surface area contributed by atoms with Gasteiger partial charge in [0.05, 0.1) is 0 Å². The molecule has 3 rings (SSSR count). The Bertz CT molecular complexity index is 749. The van der Waals surface area contributed by atoms with Crippen LogP contribution in [-0.4, -0.2) is 35.2 Å². The van der Waals surface area contributed by atoms with Gasteiger partial charge in [0, 0.05) is 19.3 Å². The van der Waals surface area contributed by atoms with Crippen molar-refractivity contribution < 1.29 is 8.42 Å². The summed E-state index contributed by atoms with van der Waals surface area (Å²) in [5, 5.41) is 0.0584. The molecule has 0 amide bonds. The van der Waals surface area contributed by atoms with Crippen LogP contribution in [0.1, 0.15) is 19.8 Å². The minimum atomic E-state index is -3.65. The first kappa shape index (κ1) is 13.4. The monoisotopic (exact) mass is 294 g/mol. The maximum absolute atomic E-state index is 12.8. The Hall–Kier alpha value is -1.60. The molecule has 1 fully saturated rings. The van der Waals surface area contributed by atoms with E-state index in [-0.39, 0.29) is 16.9 Å². The van der Waals surface area contributed by atoms with E-state index in [1.807, 2.05) is 6.92 Å². The second-order valence-electron chi connectivity index (χ2n) is 5.33. The standard InChI is InChI=1S/C13H18N4O2S/c1-9(10-6-7-10)16(2)20(18,19)13-12(14)15-11-5-3-4-8-17(11)13/h3-5,8-10H,6-7,14H2,1-2H3. The molecule has 1 saturated carbocycles. The van der Waals surface area contributed by atoms with Crippen LogP contribution in [0, 0.1) is 5.92 Å². The van der Waals surface area contributed by atoms with Gasteiger partial charge < -0.3 is 5.73 Å². The number of fused-ring (bicyclic) bond motifs is 1. The van der Waals surface area contributed by atoms with Crippen LogP contribution in [0.2, 0.25) is 0 Å². The highest BCUT2D eigenvalue weighted by Crippen LogP contribution is 2.37. The topological polar surface area (TPSA) is 80.7 Å². The molecule has 108 valence electrons. The van der Waals surface area contributed by atoms with E-state index in [2.05, 4.69) is 4.98 Å². The maximum atomic E-state index is 12.8. The molecule has 2 heterocycles. The number of rotatable bonds is 4. The van der Waals surface area contributed by atoms with Gasteiger partial charge in [-0.3, -0.25) is 4.40 Å². The molecule has 2 aromatic rings. The molecule has 0 aliphatic heterocycles. The Labute approximate surface area is 118 Å². The van der Waals surface area contributed by atoms with Crippen LogP contribution in [0.4, 0.5) is 5.82 Å². The van der Waals surface area contributed by atoms with Gasteiger partial charge in [-0.2, -0.15) is 4.31 Å². The molecule has 20 heavy (non-hydrogen) atoms. The predicted octanol–water partition coefficient (Wildman–Crippen LogP) is 1.34. The van der Waals surface area contributed by atoms with Crippen LogP contribution in [0.15, 0.2) is 29.4 Å². The summed E-state index contributed by atoms with van der Waals surface area (Å²) in [6.45, 7) is 1.94. The smallest absolute Gasteiger partial charge is 0.262 e. The predicted molar refractivity (Wildman–Crippen MR) is 76.7 cm³/mol. The summed E-state index contributed by atoms with van der Waals surface area (Å²) in [6, 6.07) is 5.28. The largest absolute Gasteiger partial charge is 0.381 e. The third-order valence-corrected chi connectivity index (χ3v) is 6.00. The zero-order valence-corrected chi connectivity index (χ0v) is 12.3. The fraction of sp³-hybridized carbons (Fsp3) is 0.462. The lowest BCUT2D eigenvalue weighted by Gasteiger charge is -2.23. The fourth-order valence-corrected chi connectivity index (χ4v) is 4.07. The molecule has 0 radical (unpaired) electrons. The number of nitrogens with two attached hydrogens (primary N) is 1. The van der Waals surface area contributed by atoms with Gasteiger partial charge in [-0.25, -0.2) is 13.4 Å². The first-order valence-corrected chi connectivity index (χ1v) is 8.07. The van der Waals surface area contributed by atoms with Crippen LogP contribution < -0.4 is 5.73 Å². The average Bonchev–Trinajstić information content (AvgIpc) is 3.18. The van der Waals surface area contributed by atoms with E-state index in [9.17, 15) is 8.42 Å². The minimum Gasteiger partial charge on any atom is -0.381 e. The van der Waals surface area contributed by atoms with Crippen molar-refractivity contribution >= 4 is 21.5 Å². The molecule has 1 aliphatic rings. The molecule has 7 heteroatoms. The van der Waals surface area contributed by atoms with Crippen LogP contribution in [-0.2, 0) is 10.0 Å². The van der Waals surface area contributed by atoms with Crippen molar-refractivity contribution in [2.75, 3.05) is 12.8 Å². The van der Waals surface area contributed by atoms with Crippen molar-refractivity contribution in [1.29, 1.82) is 0 Å². The zero-order valence-electron chi connectivity index (χ0n) is 11.5. The van der Waals surface area contributed by atoms with Crippen molar-refractivity contribution in [3.05, 3.63) is 24.4 Å². The molecule has 1 unspecified atom stereocenters. The third-order valence-electron chi connectivity index (χ3n) is 4.01. The molecule has 1 atom stereocenters. The van der Waals surface area contributed by atoms with Gasteiger partial charge >= 0.3 is 0 Å². The molecule has 6 nitrogen and oxygen atoms in total. The van der Waals surface area contributed by atoms with E-state index in [1.54, 1.807) is 31.4 Å². The van der Waals surface area contributed by atoms with E-state index < -0.39 is 10.0 Å². The lowest BCUT2D eigenvalue weighted by atomic mass is 10.2. The normalized spacial score (nSPS) is 17.8. The minimum absolute atomic E-state index is 0.0198. The second kappa shape index (κ2) is 4.46. The van der Waals surface area contributed by atoms with Gasteiger partial charge in [0.25, 0.3) is 10.0 Å². The highest BCUT2D eigenvalue weighted by atomic mass is 32.2. The number of nitrogens with zero attached hydrogens (tertiary/aromatic N) is 3. The molecule has 0 aromatic carbocycles. The van der Waals surface area contributed by atoms with Gasteiger partial charge in [-0.15, -0.1) is 0 Å². The molecular formula is C13H18N4O2S. The van der Waals surface area contributed by atoms with Gasteiger partial charge in [0.1, 0.15) is 5.65 Å². The van der Waals surface area contributed by atoms with Crippen LogP contribution in [0.5, 0.6) is 0 Å².